The molecule has 1 saturated heterocycles. The molecule has 8 heteroatoms. The molecule has 1 aromatic carbocycles. The van der Waals surface area contributed by atoms with Gasteiger partial charge in [-0.1, -0.05) is 42.5 Å². The lowest BCUT2D eigenvalue weighted by molar-refractivity contribution is -0.137. The number of carboxylic acids is 1. The van der Waals surface area contributed by atoms with Crippen LogP contribution in [0.1, 0.15) is 31.4 Å². The minimum absolute atomic E-state index is 0.129. The number of halogens is 1. The first kappa shape index (κ1) is 20.3. The molecule has 1 amide bonds. The molecule has 0 aliphatic carbocycles. The monoisotopic (exact) mass is 419 g/mol. The van der Waals surface area contributed by atoms with Crippen molar-refractivity contribution >= 4 is 46.3 Å². The van der Waals surface area contributed by atoms with Crippen LogP contribution in [-0.2, 0) is 9.59 Å². The summed E-state index contributed by atoms with van der Waals surface area (Å²) < 4.78 is 19.6. The molecule has 0 unspecified atom stereocenters. The van der Waals surface area contributed by atoms with Crippen molar-refractivity contribution in [3.8, 4) is 11.3 Å². The lowest BCUT2D eigenvalue weighted by Crippen LogP contribution is -2.29. The first-order valence-electron chi connectivity index (χ1n) is 8.77. The molecule has 1 aliphatic heterocycles. The SMILES string of the molecule is O=C(O)CCCCCN1C(=O)/C(=C\c2ccc(-c3cccc(F)c3)o2)SC1=S. The maximum Gasteiger partial charge on any atom is 0.303 e. The fourth-order valence-electron chi connectivity index (χ4n) is 2.77. The minimum atomic E-state index is -0.815. The van der Waals surface area contributed by atoms with Crippen LogP contribution >= 0.6 is 24.0 Å². The van der Waals surface area contributed by atoms with Gasteiger partial charge < -0.3 is 9.52 Å². The number of benzene rings is 1. The second-order valence-electron chi connectivity index (χ2n) is 6.25. The Kier molecular flexibility index (Phi) is 6.64. The van der Waals surface area contributed by atoms with Crippen molar-refractivity contribution in [1.82, 2.24) is 4.90 Å². The van der Waals surface area contributed by atoms with Crippen molar-refractivity contribution in [2.75, 3.05) is 6.54 Å². The topological polar surface area (TPSA) is 70.8 Å². The van der Waals surface area contributed by atoms with Gasteiger partial charge in [0, 0.05) is 24.6 Å². The summed E-state index contributed by atoms with van der Waals surface area (Å²) in [7, 11) is 0. The van der Waals surface area contributed by atoms with Crippen molar-refractivity contribution < 1.29 is 23.5 Å². The third kappa shape index (κ3) is 5.08. The Morgan fingerprint density at radius 3 is 2.82 bits per heavy atom. The van der Waals surface area contributed by atoms with Gasteiger partial charge in [-0.3, -0.25) is 14.5 Å². The van der Waals surface area contributed by atoms with Crippen LogP contribution in [0.15, 0.2) is 45.7 Å². The Morgan fingerprint density at radius 1 is 1.25 bits per heavy atom. The minimum Gasteiger partial charge on any atom is -0.481 e. The van der Waals surface area contributed by atoms with Gasteiger partial charge in [0.1, 0.15) is 21.7 Å². The number of nitrogens with zero attached hydrogens (tertiary/aromatic N) is 1. The number of furan rings is 1. The molecule has 0 saturated carbocycles. The van der Waals surface area contributed by atoms with E-state index in [1.165, 1.54) is 28.8 Å². The zero-order chi connectivity index (χ0) is 20.1. The predicted molar refractivity (Wildman–Crippen MR) is 110 cm³/mol. The number of rotatable bonds is 8. The average molecular weight is 419 g/mol. The molecule has 0 spiro atoms. The Labute approximate surface area is 171 Å². The third-order valence-electron chi connectivity index (χ3n) is 4.16. The molecular formula is C20H18FNO4S2. The number of amides is 1. The average Bonchev–Trinajstić information content (AvgIpc) is 3.21. The number of thioether (sulfide) groups is 1. The quantitative estimate of drug-likeness (QED) is 0.372. The van der Waals surface area contributed by atoms with Gasteiger partial charge in [0.2, 0.25) is 0 Å². The second kappa shape index (κ2) is 9.16. The first-order valence-corrected chi connectivity index (χ1v) is 9.99. The van der Waals surface area contributed by atoms with Crippen molar-refractivity contribution in [2.24, 2.45) is 0 Å². The lowest BCUT2D eigenvalue weighted by atomic mass is 10.2. The summed E-state index contributed by atoms with van der Waals surface area (Å²) in [5.41, 5.74) is 0.619. The fourth-order valence-corrected chi connectivity index (χ4v) is 4.06. The lowest BCUT2D eigenvalue weighted by Gasteiger charge is -2.13. The van der Waals surface area contributed by atoms with E-state index in [0.29, 0.717) is 45.7 Å². The fraction of sp³-hybridized carbons (Fsp3) is 0.250. The molecule has 1 aliphatic rings. The van der Waals surface area contributed by atoms with Crippen LogP contribution in [0.3, 0.4) is 0 Å². The van der Waals surface area contributed by atoms with Crippen LogP contribution in [0.5, 0.6) is 0 Å². The molecule has 1 aromatic heterocycles. The Bertz CT molecular complexity index is 938. The summed E-state index contributed by atoms with van der Waals surface area (Å²) in [6.07, 6.45) is 3.75. The maximum atomic E-state index is 13.4. The highest BCUT2D eigenvalue weighted by Gasteiger charge is 2.31. The first-order chi connectivity index (χ1) is 13.4. The summed E-state index contributed by atoms with van der Waals surface area (Å²) >= 11 is 6.49. The normalized spacial score (nSPS) is 15.6. The summed E-state index contributed by atoms with van der Waals surface area (Å²) in [5.74, 6) is -0.345. The molecule has 1 N–H and O–H groups in total. The van der Waals surface area contributed by atoms with Crippen molar-refractivity contribution in [3.63, 3.8) is 0 Å². The molecule has 1 fully saturated rings. The molecular weight excluding hydrogens is 401 g/mol. The number of unbranched alkanes of at least 4 members (excludes halogenated alkanes) is 2. The number of aliphatic carboxylic acids is 1. The van der Waals surface area contributed by atoms with Crippen LogP contribution in [0, 0.1) is 5.82 Å². The van der Waals surface area contributed by atoms with Crippen molar-refractivity contribution in [3.05, 3.63) is 52.9 Å². The van der Waals surface area contributed by atoms with E-state index >= 15 is 0 Å². The summed E-state index contributed by atoms with van der Waals surface area (Å²) in [6, 6.07) is 9.54. The zero-order valence-corrected chi connectivity index (χ0v) is 16.5. The highest BCUT2D eigenvalue weighted by Crippen LogP contribution is 2.34. The van der Waals surface area contributed by atoms with E-state index in [0.717, 1.165) is 6.42 Å². The van der Waals surface area contributed by atoms with Gasteiger partial charge >= 0.3 is 5.97 Å². The zero-order valence-electron chi connectivity index (χ0n) is 14.9. The Balaban J connectivity index is 1.63. The Hall–Kier alpha value is -2.45. The van der Waals surface area contributed by atoms with E-state index < -0.39 is 5.97 Å². The Morgan fingerprint density at radius 2 is 2.07 bits per heavy atom. The van der Waals surface area contributed by atoms with E-state index in [4.69, 9.17) is 21.7 Å². The summed E-state index contributed by atoms with van der Waals surface area (Å²) in [4.78, 5) is 25.1. The molecule has 2 aromatic rings. The smallest absolute Gasteiger partial charge is 0.303 e. The van der Waals surface area contributed by atoms with Gasteiger partial charge in [0.15, 0.2) is 0 Å². The molecule has 2 heterocycles. The molecule has 5 nitrogen and oxygen atoms in total. The van der Waals surface area contributed by atoms with Crippen LogP contribution in [0.25, 0.3) is 17.4 Å². The molecule has 0 atom stereocenters. The van der Waals surface area contributed by atoms with Crippen molar-refractivity contribution in [1.29, 1.82) is 0 Å². The molecule has 0 bridgehead atoms. The molecule has 146 valence electrons. The van der Waals surface area contributed by atoms with Gasteiger partial charge in [-0.25, -0.2) is 4.39 Å². The number of carbonyl (C=O) groups excluding carboxylic acids is 1. The van der Waals surface area contributed by atoms with Gasteiger partial charge in [0.25, 0.3) is 5.91 Å². The molecule has 3 rings (SSSR count). The van der Waals surface area contributed by atoms with Crippen LogP contribution in [0.2, 0.25) is 0 Å². The van der Waals surface area contributed by atoms with E-state index in [9.17, 15) is 14.0 Å². The van der Waals surface area contributed by atoms with Crippen LogP contribution in [-0.4, -0.2) is 32.7 Å². The van der Waals surface area contributed by atoms with Crippen LogP contribution in [0.4, 0.5) is 4.39 Å². The van der Waals surface area contributed by atoms with Crippen molar-refractivity contribution in [2.45, 2.75) is 25.7 Å². The van der Waals surface area contributed by atoms with Gasteiger partial charge in [-0.15, -0.1) is 0 Å². The van der Waals surface area contributed by atoms with E-state index in [-0.39, 0.29) is 18.1 Å². The van der Waals surface area contributed by atoms with Gasteiger partial charge in [-0.05, 0) is 37.1 Å². The number of thiocarbonyl (C=S) groups is 1. The number of carboxylic acid groups (broad SMARTS) is 1. The third-order valence-corrected chi connectivity index (χ3v) is 5.53. The predicted octanol–water partition coefficient (Wildman–Crippen LogP) is 4.93. The van der Waals surface area contributed by atoms with Gasteiger partial charge in [0.05, 0.1) is 4.91 Å². The van der Waals surface area contributed by atoms with Crippen LogP contribution < -0.4 is 0 Å². The number of carbonyl (C=O) groups is 2. The second-order valence-corrected chi connectivity index (χ2v) is 7.93. The van der Waals surface area contributed by atoms with E-state index in [1.807, 2.05) is 0 Å². The number of hydrogen-bond donors (Lipinski definition) is 1. The van der Waals surface area contributed by atoms with E-state index in [2.05, 4.69) is 0 Å². The van der Waals surface area contributed by atoms with E-state index in [1.54, 1.807) is 30.3 Å². The molecule has 0 radical (unpaired) electrons. The standard InChI is InChI=1S/C20H18FNO4S2/c21-14-6-4-5-13(11-14)16-9-8-15(26-16)12-17-19(25)22(20(27)28-17)10-3-1-2-7-18(23)24/h4-6,8-9,11-12H,1-3,7,10H2,(H,23,24)/b17-12+. The highest BCUT2D eigenvalue weighted by atomic mass is 32.2. The number of hydrogen-bond acceptors (Lipinski definition) is 5. The molecule has 28 heavy (non-hydrogen) atoms. The van der Waals surface area contributed by atoms with Gasteiger partial charge in [-0.2, -0.15) is 0 Å². The summed E-state index contributed by atoms with van der Waals surface area (Å²) in [6.45, 7) is 0.467. The largest absolute Gasteiger partial charge is 0.481 e. The summed E-state index contributed by atoms with van der Waals surface area (Å²) in [5, 5.41) is 8.65. The highest BCUT2D eigenvalue weighted by molar-refractivity contribution is 8.26. The maximum absolute atomic E-state index is 13.4.